The smallest absolute Gasteiger partial charge is 0.319 e. The van der Waals surface area contributed by atoms with Crippen molar-refractivity contribution in [3.63, 3.8) is 0 Å². The predicted octanol–water partition coefficient (Wildman–Crippen LogP) is 2.33. The number of nitrogens with one attached hydrogen (secondary N) is 3. The molecule has 0 aliphatic carbocycles. The second kappa shape index (κ2) is 8.75. The largest absolute Gasteiger partial charge is 0.378 e. The Hall–Kier alpha value is -2.71. The molecule has 29 heavy (non-hydrogen) atoms. The van der Waals surface area contributed by atoms with E-state index < -0.39 is 0 Å². The van der Waals surface area contributed by atoms with Crippen molar-refractivity contribution in [3.05, 3.63) is 35.5 Å². The molecule has 1 saturated heterocycles. The molecule has 2 aromatic rings. The number of anilines is 2. The fourth-order valence-corrected chi connectivity index (χ4v) is 3.80. The van der Waals surface area contributed by atoms with Gasteiger partial charge in [-0.25, -0.2) is 14.8 Å². The third kappa shape index (κ3) is 4.33. The van der Waals surface area contributed by atoms with Gasteiger partial charge in [-0.3, -0.25) is 0 Å². The van der Waals surface area contributed by atoms with Gasteiger partial charge >= 0.3 is 6.03 Å². The first kappa shape index (κ1) is 19.6. The molecule has 0 spiro atoms. The van der Waals surface area contributed by atoms with Crippen molar-refractivity contribution in [1.29, 1.82) is 0 Å². The van der Waals surface area contributed by atoms with E-state index in [-0.39, 0.29) is 12.1 Å². The molecule has 4 rings (SSSR count). The van der Waals surface area contributed by atoms with Crippen molar-refractivity contribution in [2.24, 2.45) is 0 Å². The number of hydrogen-bond acceptors (Lipinski definition) is 6. The molecule has 1 atom stereocenters. The lowest BCUT2D eigenvalue weighted by Gasteiger charge is -2.33. The molecular formula is C21H28N6O2. The summed E-state index contributed by atoms with van der Waals surface area (Å²) in [5.41, 5.74) is 3.99. The molecule has 0 radical (unpaired) electrons. The molecule has 3 N–H and O–H groups in total. The van der Waals surface area contributed by atoms with Crippen molar-refractivity contribution < 1.29 is 9.53 Å². The predicted molar refractivity (Wildman–Crippen MR) is 113 cm³/mol. The number of benzene rings is 1. The normalized spacial score (nSPS) is 18.8. The number of rotatable bonds is 4. The Labute approximate surface area is 171 Å². The highest BCUT2D eigenvalue weighted by atomic mass is 16.5. The van der Waals surface area contributed by atoms with Crippen molar-refractivity contribution in [2.75, 3.05) is 49.6 Å². The highest BCUT2D eigenvalue weighted by Crippen LogP contribution is 2.32. The Kier molecular flexibility index (Phi) is 5.92. The van der Waals surface area contributed by atoms with E-state index in [1.54, 1.807) is 0 Å². The first-order chi connectivity index (χ1) is 14.2. The van der Waals surface area contributed by atoms with Gasteiger partial charge < -0.3 is 25.6 Å². The molecular weight excluding hydrogens is 368 g/mol. The minimum absolute atomic E-state index is 0.193. The number of amides is 2. The van der Waals surface area contributed by atoms with Crippen LogP contribution >= 0.6 is 0 Å². The van der Waals surface area contributed by atoms with E-state index in [1.807, 2.05) is 31.2 Å². The molecule has 8 heteroatoms. The summed E-state index contributed by atoms with van der Waals surface area (Å²) in [5, 5.41) is 9.05. The molecule has 2 amide bonds. The number of hydrogen-bond donors (Lipinski definition) is 3. The van der Waals surface area contributed by atoms with Crippen LogP contribution in [0.2, 0.25) is 0 Å². The Morgan fingerprint density at radius 3 is 2.72 bits per heavy atom. The minimum Gasteiger partial charge on any atom is -0.378 e. The molecule has 1 aromatic carbocycles. The van der Waals surface area contributed by atoms with Gasteiger partial charge in [-0.05, 0) is 51.1 Å². The fourth-order valence-electron chi connectivity index (χ4n) is 3.80. The number of carbonyl (C=O) groups is 1. The average Bonchev–Trinajstić information content (AvgIpc) is 2.75. The standard InChI is InChI=1S/C21H28N6O2/c1-3-22-21(28)24-16-6-4-15(5-7-16)19-25-18-14(2)23-9-8-17(18)20(26-19)27-10-12-29-13-11-27/h4-7,14,23H,3,8-13H2,1-2H3,(H2,22,24,28). The van der Waals surface area contributed by atoms with Gasteiger partial charge in [0.15, 0.2) is 5.82 Å². The zero-order valence-corrected chi connectivity index (χ0v) is 17.0. The van der Waals surface area contributed by atoms with Gasteiger partial charge in [0.2, 0.25) is 0 Å². The van der Waals surface area contributed by atoms with Gasteiger partial charge in [-0.2, -0.15) is 0 Å². The quantitative estimate of drug-likeness (QED) is 0.735. The lowest BCUT2D eigenvalue weighted by molar-refractivity contribution is 0.122. The number of fused-ring (bicyclic) bond motifs is 1. The van der Waals surface area contributed by atoms with Crippen LogP contribution < -0.4 is 20.9 Å². The average molecular weight is 396 g/mol. The van der Waals surface area contributed by atoms with Gasteiger partial charge in [-0.1, -0.05) is 0 Å². The number of aromatic nitrogens is 2. The summed E-state index contributed by atoms with van der Waals surface area (Å²) in [6.45, 7) is 8.71. The summed E-state index contributed by atoms with van der Waals surface area (Å²) in [6.07, 6.45) is 0.933. The Morgan fingerprint density at radius 1 is 1.24 bits per heavy atom. The molecule has 2 aliphatic heterocycles. The number of morpholine rings is 1. The summed E-state index contributed by atoms with van der Waals surface area (Å²) >= 11 is 0. The van der Waals surface area contributed by atoms with E-state index in [0.717, 1.165) is 62.0 Å². The monoisotopic (exact) mass is 396 g/mol. The highest BCUT2D eigenvalue weighted by molar-refractivity contribution is 5.89. The van der Waals surface area contributed by atoms with Crippen LogP contribution in [0.5, 0.6) is 0 Å². The van der Waals surface area contributed by atoms with E-state index in [0.29, 0.717) is 12.4 Å². The second-order valence-corrected chi connectivity index (χ2v) is 7.32. The third-order valence-corrected chi connectivity index (χ3v) is 5.30. The van der Waals surface area contributed by atoms with Crippen LogP contribution in [0.3, 0.4) is 0 Å². The summed E-state index contributed by atoms with van der Waals surface area (Å²) in [6, 6.07) is 7.65. The maximum absolute atomic E-state index is 11.7. The number of carbonyl (C=O) groups excluding carboxylic acids is 1. The van der Waals surface area contributed by atoms with Crippen LogP contribution in [0.25, 0.3) is 11.4 Å². The maximum Gasteiger partial charge on any atom is 0.319 e. The maximum atomic E-state index is 11.7. The van der Waals surface area contributed by atoms with E-state index in [1.165, 1.54) is 5.56 Å². The third-order valence-electron chi connectivity index (χ3n) is 5.30. The Bertz CT molecular complexity index is 864. The molecule has 3 heterocycles. The first-order valence-corrected chi connectivity index (χ1v) is 10.3. The van der Waals surface area contributed by atoms with E-state index in [4.69, 9.17) is 14.7 Å². The fraction of sp³-hybridized carbons (Fsp3) is 0.476. The van der Waals surface area contributed by atoms with Crippen molar-refractivity contribution >= 4 is 17.5 Å². The van der Waals surface area contributed by atoms with Crippen LogP contribution in [0.1, 0.15) is 31.1 Å². The summed E-state index contributed by atoms with van der Waals surface area (Å²) in [7, 11) is 0. The van der Waals surface area contributed by atoms with Gasteiger partial charge in [0.1, 0.15) is 5.82 Å². The van der Waals surface area contributed by atoms with Crippen molar-refractivity contribution in [2.45, 2.75) is 26.3 Å². The molecule has 154 valence electrons. The van der Waals surface area contributed by atoms with Crippen LogP contribution in [-0.4, -0.2) is 55.4 Å². The van der Waals surface area contributed by atoms with Crippen molar-refractivity contribution in [3.8, 4) is 11.4 Å². The van der Waals surface area contributed by atoms with Gasteiger partial charge in [0, 0.05) is 42.5 Å². The number of nitrogens with zero attached hydrogens (tertiary/aromatic N) is 3. The Balaban J connectivity index is 1.66. The van der Waals surface area contributed by atoms with Gasteiger partial charge in [0.05, 0.1) is 18.9 Å². The van der Waals surface area contributed by atoms with Gasteiger partial charge in [0.25, 0.3) is 0 Å². The van der Waals surface area contributed by atoms with Crippen LogP contribution in [0.15, 0.2) is 24.3 Å². The summed E-state index contributed by atoms with van der Waals surface area (Å²) < 4.78 is 5.53. The number of urea groups is 1. The molecule has 1 fully saturated rings. The van der Waals surface area contributed by atoms with Crippen LogP contribution in [0.4, 0.5) is 16.3 Å². The molecule has 1 unspecified atom stereocenters. The van der Waals surface area contributed by atoms with Crippen LogP contribution in [0, 0.1) is 0 Å². The zero-order valence-electron chi connectivity index (χ0n) is 17.0. The lowest BCUT2D eigenvalue weighted by atomic mass is 10.00. The summed E-state index contributed by atoms with van der Waals surface area (Å²) in [4.78, 5) is 23.9. The highest BCUT2D eigenvalue weighted by Gasteiger charge is 2.26. The first-order valence-electron chi connectivity index (χ1n) is 10.3. The minimum atomic E-state index is -0.209. The van der Waals surface area contributed by atoms with E-state index in [9.17, 15) is 4.79 Å². The topological polar surface area (TPSA) is 91.4 Å². The molecule has 2 aliphatic rings. The number of ether oxygens (including phenoxy) is 1. The van der Waals surface area contributed by atoms with Gasteiger partial charge in [-0.15, -0.1) is 0 Å². The SMILES string of the molecule is CCNC(=O)Nc1ccc(-c2nc3c(c(N4CCOCC4)n2)CCNC3C)cc1. The molecule has 0 bridgehead atoms. The molecule has 1 aromatic heterocycles. The second-order valence-electron chi connectivity index (χ2n) is 7.32. The van der Waals surface area contributed by atoms with E-state index in [2.05, 4.69) is 27.8 Å². The molecule has 0 saturated carbocycles. The summed E-state index contributed by atoms with van der Waals surface area (Å²) in [5.74, 6) is 1.75. The van der Waals surface area contributed by atoms with E-state index >= 15 is 0 Å². The molecule has 8 nitrogen and oxygen atoms in total. The van der Waals surface area contributed by atoms with Crippen molar-refractivity contribution in [1.82, 2.24) is 20.6 Å². The lowest BCUT2D eigenvalue weighted by Crippen LogP contribution is -2.39. The Morgan fingerprint density at radius 2 is 2.00 bits per heavy atom. The zero-order chi connectivity index (χ0) is 20.2. The van der Waals surface area contributed by atoms with Crippen LogP contribution in [-0.2, 0) is 11.2 Å².